The highest BCUT2D eigenvalue weighted by Crippen LogP contribution is 2.44. The second kappa shape index (κ2) is 8.17. The van der Waals surface area contributed by atoms with Crippen LogP contribution in [-0.2, 0) is 11.2 Å². The molecule has 2 unspecified atom stereocenters. The summed E-state index contributed by atoms with van der Waals surface area (Å²) in [5.74, 6) is 1.31. The molecule has 2 heterocycles. The molecule has 1 aromatic rings. The maximum absolute atomic E-state index is 12.0. The maximum Gasteiger partial charge on any atom is 0.414 e. The van der Waals surface area contributed by atoms with Crippen LogP contribution < -0.4 is 4.74 Å². The molecule has 2 fully saturated rings. The van der Waals surface area contributed by atoms with E-state index in [1.807, 2.05) is 12.1 Å². The second-order valence-electron chi connectivity index (χ2n) is 8.08. The molecule has 1 aliphatic carbocycles. The number of benzene rings is 1. The Kier molecular flexibility index (Phi) is 5.66. The number of carbonyl (C=O) groups excluding carboxylic acids is 1. The minimum absolute atomic E-state index is 0.302. The summed E-state index contributed by atoms with van der Waals surface area (Å²) in [7, 11) is 3.44. The van der Waals surface area contributed by atoms with Crippen LogP contribution in [0.3, 0.4) is 0 Å². The van der Waals surface area contributed by atoms with Crippen LogP contribution >= 0.6 is 0 Å². The van der Waals surface area contributed by atoms with E-state index in [0.29, 0.717) is 12.0 Å². The highest BCUT2D eigenvalue weighted by molar-refractivity contribution is 5.70. The molecule has 2 atom stereocenters. The number of nitrogens with zero attached hydrogens (tertiary/aromatic N) is 3. The second-order valence-corrected chi connectivity index (χ2v) is 8.08. The zero-order valence-corrected chi connectivity index (χ0v) is 16.5. The monoisotopic (exact) mass is 373 g/mol. The Morgan fingerprint density at radius 1 is 1.19 bits per heavy atom. The first-order valence-corrected chi connectivity index (χ1v) is 10.2. The summed E-state index contributed by atoms with van der Waals surface area (Å²) in [5, 5.41) is 0. The van der Waals surface area contributed by atoms with Gasteiger partial charge >= 0.3 is 6.09 Å². The van der Waals surface area contributed by atoms with Crippen molar-refractivity contribution in [3.05, 3.63) is 29.3 Å². The number of amides is 1. The molecule has 6 heteroatoms. The van der Waals surface area contributed by atoms with E-state index in [1.54, 1.807) is 14.1 Å². The van der Waals surface area contributed by atoms with Gasteiger partial charge in [-0.2, -0.15) is 0 Å². The molecule has 0 saturated carbocycles. The Bertz CT molecular complexity index is 673. The Hall–Kier alpha value is -1.63. The molecule has 6 nitrogen and oxygen atoms in total. The lowest BCUT2D eigenvalue weighted by Gasteiger charge is -2.35. The van der Waals surface area contributed by atoms with Crippen molar-refractivity contribution in [3.8, 4) is 5.75 Å². The van der Waals surface area contributed by atoms with E-state index >= 15 is 0 Å². The average molecular weight is 373 g/mol. The fraction of sp³-hybridized carbons (Fsp3) is 0.667. The van der Waals surface area contributed by atoms with Crippen molar-refractivity contribution in [1.29, 1.82) is 0 Å². The number of morpholine rings is 1. The van der Waals surface area contributed by atoms with Crippen molar-refractivity contribution >= 4 is 6.09 Å². The van der Waals surface area contributed by atoms with Crippen LogP contribution in [0.2, 0.25) is 0 Å². The lowest BCUT2D eigenvalue weighted by atomic mass is 9.79. The molecular weight excluding hydrogens is 342 g/mol. The van der Waals surface area contributed by atoms with Crippen LogP contribution in [0, 0.1) is 0 Å². The first kappa shape index (κ1) is 18.7. The Balaban J connectivity index is 1.43. The Morgan fingerprint density at radius 2 is 2.00 bits per heavy atom. The molecular formula is C21H31N3O3. The fourth-order valence-electron chi connectivity index (χ4n) is 4.81. The van der Waals surface area contributed by atoms with Crippen LogP contribution in [0.5, 0.6) is 5.75 Å². The number of fused-ring (bicyclic) bond motifs is 3. The number of hydrogen-bond acceptors (Lipinski definition) is 5. The van der Waals surface area contributed by atoms with Gasteiger partial charge in [0.15, 0.2) is 0 Å². The molecule has 0 radical (unpaired) electrons. The van der Waals surface area contributed by atoms with E-state index in [-0.39, 0.29) is 6.09 Å². The van der Waals surface area contributed by atoms with Gasteiger partial charge in [-0.1, -0.05) is 12.1 Å². The van der Waals surface area contributed by atoms with Gasteiger partial charge < -0.3 is 14.4 Å². The third-order valence-corrected chi connectivity index (χ3v) is 6.29. The molecule has 1 amide bonds. The minimum Gasteiger partial charge on any atom is -0.410 e. The zero-order chi connectivity index (χ0) is 18.8. The van der Waals surface area contributed by atoms with E-state index in [0.717, 1.165) is 58.0 Å². The Labute approximate surface area is 162 Å². The van der Waals surface area contributed by atoms with Gasteiger partial charge in [0.25, 0.3) is 0 Å². The van der Waals surface area contributed by atoms with Gasteiger partial charge in [0.1, 0.15) is 5.75 Å². The lowest BCUT2D eigenvalue weighted by molar-refractivity contribution is 0.0322. The van der Waals surface area contributed by atoms with Gasteiger partial charge in [-0.3, -0.25) is 9.80 Å². The maximum atomic E-state index is 12.0. The quantitative estimate of drug-likeness (QED) is 0.810. The van der Waals surface area contributed by atoms with Gasteiger partial charge in [-0.25, -0.2) is 4.79 Å². The van der Waals surface area contributed by atoms with Crippen molar-refractivity contribution < 1.29 is 14.3 Å². The number of hydrogen-bond donors (Lipinski definition) is 0. The van der Waals surface area contributed by atoms with Crippen LogP contribution in [0.15, 0.2) is 18.2 Å². The van der Waals surface area contributed by atoms with Crippen molar-refractivity contribution in [2.24, 2.45) is 0 Å². The van der Waals surface area contributed by atoms with Gasteiger partial charge in [0.2, 0.25) is 0 Å². The van der Waals surface area contributed by atoms with Crippen molar-refractivity contribution in [3.63, 3.8) is 0 Å². The normalized spacial score (nSPS) is 25.7. The zero-order valence-electron chi connectivity index (χ0n) is 16.5. The van der Waals surface area contributed by atoms with E-state index in [4.69, 9.17) is 9.47 Å². The summed E-state index contributed by atoms with van der Waals surface area (Å²) >= 11 is 0. The molecule has 0 bridgehead atoms. The van der Waals surface area contributed by atoms with Gasteiger partial charge in [0.05, 0.1) is 13.2 Å². The highest BCUT2D eigenvalue weighted by atomic mass is 16.6. The summed E-state index contributed by atoms with van der Waals surface area (Å²) in [4.78, 5) is 18.7. The standard InChI is InChI=1S/C21H31N3O3/c1-22(2)21(25)27-20-5-3-4-16-17-8-9-24(19(17)7-6-18(16)20)11-10-23-12-14-26-15-13-23/h3-5,17,19H,6-15H2,1-2H3. The van der Waals surface area contributed by atoms with Crippen LogP contribution in [-0.4, -0.2) is 86.9 Å². The van der Waals surface area contributed by atoms with Crippen molar-refractivity contribution in [2.45, 2.75) is 31.2 Å². The van der Waals surface area contributed by atoms with E-state index in [1.165, 1.54) is 29.0 Å². The SMILES string of the molecule is CN(C)C(=O)Oc1cccc2c1CCC1C2CCN1CCN1CCOCC1. The smallest absolute Gasteiger partial charge is 0.410 e. The molecule has 148 valence electrons. The molecule has 27 heavy (non-hydrogen) atoms. The first-order chi connectivity index (χ1) is 13.1. The molecule has 4 rings (SSSR count). The highest BCUT2D eigenvalue weighted by Gasteiger charge is 2.39. The summed E-state index contributed by atoms with van der Waals surface area (Å²) < 4.78 is 11.1. The molecule has 0 N–H and O–H groups in total. The van der Waals surface area contributed by atoms with E-state index in [2.05, 4.69) is 15.9 Å². The third-order valence-electron chi connectivity index (χ3n) is 6.29. The van der Waals surface area contributed by atoms with Crippen molar-refractivity contribution in [2.75, 3.05) is 60.0 Å². The molecule has 2 saturated heterocycles. The van der Waals surface area contributed by atoms with E-state index < -0.39 is 0 Å². The Morgan fingerprint density at radius 3 is 2.78 bits per heavy atom. The van der Waals surface area contributed by atoms with E-state index in [9.17, 15) is 4.79 Å². The largest absolute Gasteiger partial charge is 0.414 e. The summed E-state index contributed by atoms with van der Waals surface area (Å²) in [6.45, 7) is 7.31. The van der Waals surface area contributed by atoms with Crippen LogP contribution in [0.4, 0.5) is 4.79 Å². The fourth-order valence-corrected chi connectivity index (χ4v) is 4.81. The average Bonchev–Trinajstić information content (AvgIpc) is 3.11. The van der Waals surface area contributed by atoms with Crippen LogP contribution in [0.25, 0.3) is 0 Å². The van der Waals surface area contributed by atoms with Crippen LogP contribution in [0.1, 0.15) is 29.9 Å². The molecule has 2 aliphatic heterocycles. The molecule has 0 spiro atoms. The van der Waals surface area contributed by atoms with Gasteiger partial charge in [0, 0.05) is 52.2 Å². The minimum atomic E-state index is -0.302. The van der Waals surface area contributed by atoms with Gasteiger partial charge in [-0.05, 0) is 43.0 Å². The number of ether oxygens (including phenoxy) is 2. The number of likely N-dealkylation sites (tertiary alicyclic amines) is 1. The first-order valence-electron chi connectivity index (χ1n) is 10.2. The summed E-state index contributed by atoms with van der Waals surface area (Å²) in [5.41, 5.74) is 2.63. The molecule has 1 aromatic carbocycles. The third kappa shape index (κ3) is 3.98. The van der Waals surface area contributed by atoms with Crippen molar-refractivity contribution in [1.82, 2.24) is 14.7 Å². The molecule has 3 aliphatic rings. The number of rotatable bonds is 4. The van der Waals surface area contributed by atoms with Gasteiger partial charge in [-0.15, -0.1) is 0 Å². The number of carbonyl (C=O) groups is 1. The predicted molar refractivity (Wildman–Crippen MR) is 104 cm³/mol. The summed E-state index contributed by atoms with van der Waals surface area (Å²) in [6.07, 6.45) is 3.04. The lowest BCUT2D eigenvalue weighted by Crippen LogP contribution is -2.43. The topological polar surface area (TPSA) is 45.2 Å². The molecule has 0 aromatic heterocycles. The predicted octanol–water partition coefficient (Wildman–Crippen LogP) is 2.18. The summed E-state index contributed by atoms with van der Waals surface area (Å²) in [6, 6.07) is 6.84.